The molecule has 96 valence electrons. The molecule has 0 aromatic heterocycles. The number of carboxylic acid groups (broad SMARTS) is 1. The van der Waals surface area contributed by atoms with Gasteiger partial charge in [0.05, 0.1) is 11.4 Å². The Balaban J connectivity index is 3.24. The van der Waals surface area contributed by atoms with Crippen molar-refractivity contribution >= 4 is 33.8 Å². The molecule has 0 saturated carbocycles. The van der Waals surface area contributed by atoms with Crippen molar-refractivity contribution in [3.05, 3.63) is 41.0 Å². The van der Waals surface area contributed by atoms with Crippen molar-refractivity contribution in [2.24, 2.45) is 0 Å². The van der Waals surface area contributed by atoms with Gasteiger partial charge >= 0.3 is 5.97 Å². The largest absolute Gasteiger partial charge is 0.478 e. The van der Waals surface area contributed by atoms with Crippen molar-refractivity contribution in [2.75, 3.05) is 0 Å². The average molecular weight is 313 g/mol. The van der Waals surface area contributed by atoms with E-state index in [1.54, 1.807) is 18.2 Å². The predicted octanol–water partition coefficient (Wildman–Crippen LogP) is 2.30. The molecule has 0 saturated heterocycles. The zero-order valence-corrected chi connectivity index (χ0v) is 11.3. The number of Topliss-reactive ketones (excluding diaryl/α,β-unsaturated/α-hetero) is 1. The van der Waals surface area contributed by atoms with Gasteiger partial charge in [-0.15, -0.1) is 0 Å². The minimum atomic E-state index is -1.05. The summed E-state index contributed by atoms with van der Waals surface area (Å²) in [6, 6.07) is 5.05. The number of carboxylic acids is 1. The average Bonchev–Trinajstić information content (AvgIpc) is 2.35. The number of hydrogen-bond acceptors (Lipinski definition) is 3. The van der Waals surface area contributed by atoms with E-state index >= 15 is 0 Å². The van der Waals surface area contributed by atoms with Gasteiger partial charge in [0.15, 0.2) is 0 Å². The molecule has 0 aliphatic carbocycles. The highest BCUT2D eigenvalue weighted by atomic mass is 79.9. The van der Waals surface area contributed by atoms with Crippen LogP contribution in [-0.2, 0) is 16.2 Å². The van der Waals surface area contributed by atoms with E-state index in [2.05, 4.69) is 15.9 Å². The van der Waals surface area contributed by atoms with Gasteiger partial charge < -0.3 is 10.2 Å². The van der Waals surface area contributed by atoms with E-state index in [4.69, 9.17) is 10.2 Å². The highest BCUT2D eigenvalue weighted by Gasteiger charge is 2.16. The van der Waals surface area contributed by atoms with Crippen LogP contribution < -0.4 is 0 Å². The number of hydrogen-bond donors (Lipinski definition) is 2. The van der Waals surface area contributed by atoms with Crippen LogP contribution >= 0.6 is 15.9 Å². The maximum atomic E-state index is 11.4. The molecule has 5 heteroatoms. The smallest absolute Gasteiger partial charge is 0.328 e. The summed E-state index contributed by atoms with van der Waals surface area (Å²) >= 11 is 3.26. The lowest BCUT2D eigenvalue weighted by molar-refractivity contribution is -0.131. The second kappa shape index (κ2) is 6.47. The molecular formula is C13H13BrO4. The maximum Gasteiger partial charge on any atom is 0.328 e. The second-order valence-electron chi connectivity index (χ2n) is 3.77. The summed E-state index contributed by atoms with van der Waals surface area (Å²) in [7, 11) is 0. The summed E-state index contributed by atoms with van der Waals surface area (Å²) in [5.41, 5.74) is 1.95. The fourth-order valence-electron chi connectivity index (χ4n) is 1.47. The van der Waals surface area contributed by atoms with Gasteiger partial charge in [-0.1, -0.05) is 34.1 Å². The van der Waals surface area contributed by atoms with Gasteiger partial charge in [-0.05, 0) is 29.7 Å². The molecule has 0 radical (unpaired) electrons. The first-order valence-electron chi connectivity index (χ1n) is 5.25. The van der Waals surface area contributed by atoms with Crippen molar-refractivity contribution in [1.29, 1.82) is 0 Å². The van der Waals surface area contributed by atoms with Crippen LogP contribution in [0, 0.1) is 0 Å². The normalized spacial score (nSPS) is 12.6. The molecule has 18 heavy (non-hydrogen) atoms. The first-order chi connectivity index (χ1) is 8.45. The quantitative estimate of drug-likeness (QED) is 0.646. The van der Waals surface area contributed by atoms with Crippen molar-refractivity contribution in [2.45, 2.75) is 18.4 Å². The molecule has 1 unspecified atom stereocenters. The fraction of sp³-hybridized carbons (Fsp3) is 0.231. The second-order valence-corrected chi connectivity index (χ2v) is 4.68. The lowest BCUT2D eigenvalue weighted by Crippen LogP contribution is -2.04. The number of carbonyl (C=O) groups is 2. The van der Waals surface area contributed by atoms with Gasteiger partial charge in [-0.25, -0.2) is 4.79 Å². The lowest BCUT2D eigenvalue weighted by atomic mass is 9.99. The lowest BCUT2D eigenvalue weighted by Gasteiger charge is -2.12. The molecule has 2 N–H and O–H groups in total. The number of alkyl halides is 1. The van der Waals surface area contributed by atoms with Gasteiger partial charge in [0, 0.05) is 6.08 Å². The maximum absolute atomic E-state index is 11.4. The molecule has 0 amide bonds. The zero-order chi connectivity index (χ0) is 13.7. The van der Waals surface area contributed by atoms with Crippen molar-refractivity contribution in [3.8, 4) is 0 Å². The Labute approximate surface area is 113 Å². The fourth-order valence-corrected chi connectivity index (χ4v) is 1.87. The summed E-state index contributed by atoms with van der Waals surface area (Å²) < 4.78 is 0. The molecule has 1 aromatic rings. The Morgan fingerprint density at radius 1 is 1.44 bits per heavy atom. The highest BCUT2D eigenvalue weighted by Crippen LogP contribution is 2.29. The number of halogens is 1. The van der Waals surface area contributed by atoms with Gasteiger partial charge in [-0.3, -0.25) is 4.79 Å². The standard InChI is InChI=1S/C13H13BrO4/c1-8(16)13(14)11-6-9(7-15)2-3-10(11)4-5-12(17)18/h2-6,13,15H,7H2,1H3,(H,17,18). The highest BCUT2D eigenvalue weighted by molar-refractivity contribution is 9.09. The molecule has 0 aliphatic heterocycles. The van der Waals surface area contributed by atoms with E-state index in [-0.39, 0.29) is 12.4 Å². The molecule has 4 nitrogen and oxygen atoms in total. The minimum Gasteiger partial charge on any atom is -0.478 e. The number of benzene rings is 1. The first-order valence-corrected chi connectivity index (χ1v) is 6.16. The van der Waals surface area contributed by atoms with Crippen LogP contribution in [0.2, 0.25) is 0 Å². The SMILES string of the molecule is CC(=O)C(Br)c1cc(CO)ccc1C=CC(=O)O. The number of aliphatic hydroxyl groups is 1. The van der Waals surface area contributed by atoms with Crippen LogP contribution in [0.25, 0.3) is 6.08 Å². The van der Waals surface area contributed by atoms with Gasteiger partial charge in [0.25, 0.3) is 0 Å². The number of carbonyl (C=O) groups excluding carboxylic acids is 1. The van der Waals surface area contributed by atoms with E-state index in [0.717, 1.165) is 6.08 Å². The van der Waals surface area contributed by atoms with Crippen molar-refractivity contribution in [1.82, 2.24) is 0 Å². The van der Waals surface area contributed by atoms with Crippen LogP contribution in [0.3, 0.4) is 0 Å². The van der Waals surface area contributed by atoms with Gasteiger partial charge in [0.2, 0.25) is 0 Å². The topological polar surface area (TPSA) is 74.6 Å². The van der Waals surface area contributed by atoms with E-state index in [1.807, 2.05) is 0 Å². The molecule has 1 rings (SSSR count). The monoisotopic (exact) mass is 312 g/mol. The Morgan fingerprint density at radius 3 is 2.61 bits per heavy atom. The molecule has 0 bridgehead atoms. The van der Waals surface area contributed by atoms with Crippen LogP contribution in [0.1, 0.15) is 28.4 Å². The summed E-state index contributed by atoms with van der Waals surface area (Å²) in [5, 5.41) is 17.7. The predicted molar refractivity (Wildman–Crippen MR) is 71.4 cm³/mol. The summed E-state index contributed by atoms with van der Waals surface area (Å²) in [6.45, 7) is 1.31. The molecule has 1 atom stereocenters. The Hall–Kier alpha value is -1.46. The van der Waals surface area contributed by atoms with Crippen LogP contribution in [-0.4, -0.2) is 22.0 Å². The third kappa shape index (κ3) is 3.78. The molecular weight excluding hydrogens is 300 g/mol. The summed E-state index contributed by atoms with van der Waals surface area (Å²) in [6.07, 6.45) is 2.44. The number of aliphatic hydroxyl groups excluding tert-OH is 1. The van der Waals surface area contributed by atoms with Crippen LogP contribution in [0.15, 0.2) is 24.3 Å². The molecule has 1 aromatic carbocycles. The van der Waals surface area contributed by atoms with Crippen LogP contribution in [0.4, 0.5) is 0 Å². The first kappa shape index (κ1) is 14.6. The Bertz CT molecular complexity index is 494. The molecule has 0 spiro atoms. The Morgan fingerprint density at radius 2 is 2.11 bits per heavy atom. The number of aliphatic carboxylic acids is 1. The van der Waals surface area contributed by atoms with E-state index in [9.17, 15) is 9.59 Å². The number of ketones is 1. The van der Waals surface area contributed by atoms with E-state index in [0.29, 0.717) is 16.7 Å². The van der Waals surface area contributed by atoms with Gasteiger partial charge in [0.1, 0.15) is 5.78 Å². The third-order valence-corrected chi connectivity index (χ3v) is 3.51. The van der Waals surface area contributed by atoms with E-state index < -0.39 is 10.8 Å². The van der Waals surface area contributed by atoms with Gasteiger partial charge in [-0.2, -0.15) is 0 Å². The summed E-state index contributed by atoms with van der Waals surface area (Å²) in [5.74, 6) is -1.14. The minimum absolute atomic E-state index is 0.0879. The third-order valence-electron chi connectivity index (χ3n) is 2.37. The molecule has 0 heterocycles. The zero-order valence-electron chi connectivity index (χ0n) is 9.76. The summed E-state index contributed by atoms with van der Waals surface area (Å²) in [4.78, 5) is 21.4. The van der Waals surface area contributed by atoms with Crippen molar-refractivity contribution in [3.63, 3.8) is 0 Å². The van der Waals surface area contributed by atoms with Crippen molar-refractivity contribution < 1.29 is 19.8 Å². The Kier molecular flexibility index (Phi) is 5.25. The number of rotatable bonds is 5. The molecule has 0 fully saturated rings. The molecule has 0 aliphatic rings. The van der Waals surface area contributed by atoms with Crippen LogP contribution in [0.5, 0.6) is 0 Å². The van der Waals surface area contributed by atoms with E-state index in [1.165, 1.54) is 13.0 Å².